The molecule has 2 aromatic rings. The highest BCUT2D eigenvalue weighted by Crippen LogP contribution is 2.24. The summed E-state index contributed by atoms with van der Waals surface area (Å²) in [5.74, 6) is 0.932. The average molecular weight is 357 g/mol. The fourth-order valence-corrected chi connectivity index (χ4v) is 1.98. The lowest BCUT2D eigenvalue weighted by Gasteiger charge is -2.08. The Bertz CT molecular complexity index is 528. The zero-order chi connectivity index (χ0) is 13.0. The van der Waals surface area contributed by atoms with Crippen LogP contribution in [0, 0.1) is 9.39 Å². The minimum Gasteiger partial charge on any atom is -0.457 e. The van der Waals surface area contributed by atoms with Crippen LogP contribution < -0.4 is 10.1 Å². The third-order valence-corrected chi connectivity index (χ3v) is 3.08. The molecule has 0 atom stereocenters. The van der Waals surface area contributed by atoms with E-state index in [1.165, 1.54) is 12.1 Å². The number of hydrogen-bond donors (Lipinski definition) is 1. The third-order valence-electron chi connectivity index (χ3n) is 2.36. The first-order chi connectivity index (χ1) is 8.67. The molecular weight excluding hydrogens is 344 g/mol. The summed E-state index contributed by atoms with van der Waals surface area (Å²) in [5.41, 5.74) is 0.859. The van der Waals surface area contributed by atoms with E-state index < -0.39 is 0 Å². The first-order valence-electron chi connectivity index (χ1n) is 5.55. The number of benzene rings is 2. The van der Waals surface area contributed by atoms with Crippen molar-refractivity contribution in [3.63, 3.8) is 0 Å². The molecule has 2 nitrogen and oxygen atoms in total. The van der Waals surface area contributed by atoms with E-state index in [4.69, 9.17) is 4.74 Å². The van der Waals surface area contributed by atoms with E-state index in [-0.39, 0.29) is 5.82 Å². The van der Waals surface area contributed by atoms with Crippen molar-refractivity contribution >= 4 is 22.6 Å². The van der Waals surface area contributed by atoms with E-state index in [0.717, 1.165) is 9.13 Å². The molecule has 0 saturated heterocycles. The van der Waals surface area contributed by atoms with E-state index >= 15 is 0 Å². The molecule has 94 valence electrons. The average Bonchev–Trinajstić information content (AvgIpc) is 2.32. The molecule has 0 bridgehead atoms. The molecule has 2 rings (SSSR count). The van der Waals surface area contributed by atoms with Crippen LogP contribution in [0.3, 0.4) is 0 Å². The SMILES string of the molecule is CNCc1cc(F)cc(Oc2ccc(I)cc2)c1. The quantitative estimate of drug-likeness (QED) is 0.837. The molecule has 0 amide bonds. The Morgan fingerprint density at radius 1 is 1.11 bits per heavy atom. The minimum absolute atomic E-state index is 0.289. The minimum atomic E-state index is -0.289. The van der Waals surface area contributed by atoms with Crippen LogP contribution in [0.5, 0.6) is 11.5 Å². The van der Waals surface area contributed by atoms with E-state index in [0.29, 0.717) is 18.0 Å². The molecule has 0 spiro atoms. The maximum Gasteiger partial charge on any atom is 0.130 e. The molecule has 18 heavy (non-hydrogen) atoms. The maximum absolute atomic E-state index is 13.4. The van der Waals surface area contributed by atoms with Crippen LogP contribution in [0.15, 0.2) is 42.5 Å². The van der Waals surface area contributed by atoms with Gasteiger partial charge in [0.1, 0.15) is 17.3 Å². The summed E-state index contributed by atoms with van der Waals surface area (Å²) in [7, 11) is 1.82. The number of rotatable bonds is 4. The second-order valence-corrected chi connectivity index (χ2v) is 5.13. The van der Waals surface area contributed by atoms with Crippen molar-refractivity contribution in [1.29, 1.82) is 0 Å². The van der Waals surface area contributed by atoms with Crippen molar-refractivity contribution in [2.75, 3.05) is 7.05 Å². The van der Waals surface area contributed by atoms with Crippen molar-refractivity contribution in [3.05, 3.63) is 57.4 Å². The second-order valence-electron chi connectivity index (χ2n) is 3.88. The largest absolute Gasteiger partial charge is 0.457 e. The molecule has 4 heteroatoms. The molecule has 2 aromatic carbocycles. The maximum atomic E-state index is 13.4. The molecule has 1 N–H and O–H groups in total. The van der Waals surface area contributed by atoms with Gasteiger partial charge in [0, 0.05) is 16.2 Å². The van der Waals surface area contributed by atoms with Crippen LogP contribution in [-0.4, -0.2) is 7.05 Å². The van der Waals surface area contributed by atoms with Gasteiger partial charge in [-0.2, -0.15) is 0 Å². The van der Waals surface area contributed by atoms with Gasteiger partial charge in [-0.25, -0.2) is 4.39 Å². The van der Waals surface area contributed by atoms with E-state index in [2.05, 4.69) is 27.9 Å². The van der Waals surface area contributed by atoms with Crippen molar-refractivity contribution in [1.82, 2.24) is 5.32 Å². The van der Waals surface area contributed by atoms with Crippen LogP contribution in [-0.2, 0) is 6.54 Å². The summed E-state index contributed by atoms with van der Waals surface area (Å²) < 4.78 is 20.2. The Balaban J connectivity index is 2.20. The van der Waals surface area contributed by atoms with Gasteiger partial charge in [-0.15, -0.1) is 0 Å². The summed E-state index contributed by atoms with van der Waals surface area (Å²) in [6.45, 7) is 0.612. The number of ether oxygens (including phenoxy) is 1. The standard InChI is InChI=1S/C14H13FINO/c1-17-9-10-6-11(15)8-14(7-10)18-13-4-2-12(16)3-5-13/h2-8,17H,9H2,1H3. The normalized spacial score (nSPS) is 10.4. The monoisotopic (exact) mass is 357 g/mol. The van der Waals surface area contributed by atoms with Crippen LogP contribution in [0.4, 0.5) is 4.39 Å². The number of halogens is 2. The van der Waals surface area contributed by atoms with Gasteiger partial charge in [-0.3, -0.25) is 0 Å². The highest BCUT2D eigenvalue weighted by molar-refractivity contribution is 14.1. The lowest BCUT2D eigenvalue weighted by atomic mass is 10.2. The van der Waals surface area contributed by atoms with Crippen LogP contribution in [0.25, 0.3) is 0 Å². The summed E-state index contributed by atoms with van der Waals surface area (Å²) in [4.78, 5) is 0. The fraction of sp³-hybridized carbons (Fsp3) is 0.143. The van der Waals surface area contributed by atoms with E-state index in [1.54, 1.807) is 0 Å². The van der Waals surface area contributed by atoms with Gasteiger partial charge in [0.25, 0.3) is 0 Å². The number of hydrogen-bond acceptors (Lipinski definition) is 2. The van der Waals surface area contributed by atoms with Gasteiger partial charge in [-0.1, -0.05) is 0 Å². The van der Waals surface area contributed by atoms with E-state index in [1.807, 2.05) is 37.4 Å². The first-order valence-corrected chi connectivity index (χ1v) is 6.63. The lowest BCUT2D eigenvalue weighted by Crippen LogP contribution is -2.05. The molecule has 0 aliphatic rings. The highest BCUT2D eigenvalue weighted by Gasteiger charge is 2.03. The Labute approximate surface area is 119 Å². The lowest BCUT2D eigenvalue weighted by molar-refractivity contribution is 0.475. The second kappa shape index (κ2) is 6.15. The van der Waals surface area contributed by atoms with Gasteiger partial charge >= 0.3 is 0 Å². The van der Waals surface area contributed by atoms with Crippen molar-refractivity contribution in [3.8, 4) is 11.5 Å². The molecule has 0 aromatic heterocycles. The molecule has 0 fully saturated rings. The van der Waals surface area contributed by atoms with Gasteiger partial charge in [-0.05, 0) is 71.6 Å². The van der Waals surface area contributed by atoms with Crippen LogP contribution in [0.1, 0.15) is 5.56 Å². The van der Waals surface area contributed by atoms with Crippen molar-refractivity contribution < 1.29 is 9.13 Å². The van der Waals surface area contributed by atoms with Gasteiger partial charge in [0.15, 0.2) is 0 Å². The van der Waals surface area contributed by atoms with Gasteiger partial charge < -0.3 is 10.1 Å². The zero-order valence-electron chi connectivity index (χ0n) is 9.91. The molecule has 0 aliphatic heterocycles. The summed E-state index contributed by atoms with van der Waals surface area (Å²) in [5, 5.41) is 2.99. The molecule has 0 heterocycles. The Morgan fingerprint density at radius 3 is 2.50 bits per heavy atom. The summed E-state index contributed by atoms with van der Waals surface area (Å²) in [6, 6.07) is 12.3. The van der Waals surface area contributed by atoms with Gasteiger partial charge in [0.05, 0.1) is 0 Å². The Kier molecular flexibility index (Phi) is 4.54. The molecule has 0 unspecified atom stereocenters. The molecule has 0 saturated carbocycles. The van der Waals surface area contributed by atoms with Gasteiger partial charge in [0.2, 0.25) is 0 Å². The highest BCUT2D eigenvalue weighted by atomic mass is 127. The molecule has 0 aliphatic carbocycles. The number of nitrogens with one attached hydrogen (secondary N) is 1. The summed E-state index contributed by atoms with van der Waals surface area (Å²) in [6.07, 6.45) is 0. The molecule has 0 radical (unpaired) electrons. The van der Waals surface area contributed by atoms with Crippen molar-refractivity contribution in [2.45, 2.75) is 6.54 Å². The predicted molar refractivity (Wildman–Crippen MR) is 78.4 cm³/mol. The van der Waals surface area contributed by atoms with Crippen LogP contribution in [0.2, 0.25) is 0 Å². The van der Waals surface area contributed by atoms with E-state index in [9.17, 15) is 4.39 Å². The Hall–Kier alpha value is -1.14. The zero-order valence-corrected chi connectivity index (χ0v) is 12.1. The van der Waals surface area contributed by atoms with Crippen LogP contribution >= 0.6 is 22.6 Å². The predicted octanol–water partition coefficient (Wildman–Crippen LogP) is 3.94. The first kappa shape index (κ1) is 13.3. The molecular formula is C14H13FINO. The topological polar surface area (TPSA) is 21.3 Å². The fourth-order valence-electron chi connectivity index (χ4n) is 1.62. The summed E-state index contributed by atoms with van der Waals surface area (Å²) >= 11 is 2.23. The smallest absolute Gasteiger partial charge is 0.130 e. The van der Waals surface area contributed by atoms with Crippen molar-refractivity contribution in [2.24, 2.45) is 0 Å². The third kappa shape index (κ3) is 3.68. The Morgan fingerprint density at radius 2 is 1.83 bits per heavy atom.